The molecule has 8 nitrogen and oxygen atoms in total. The number of carbonyl (C=O) groups is 1. The number of amides is 1. The van der Waals surface area contributed by atoms with Crippen LogP contribution in [0, 0.1) is 18.3 Å². The van der Waals surface area contributed by atoms with Gasteiger partial charge in [0.15, 0.2) is 0 Å². The maximum Gasteiger partial charge on any atom is 0.270 e. The molecule has 2 aliphatic heterocycles. The summed E-state index contributed by atoms with van der Waals surface area (Å²) in [7, 11) is 1.65. The minimum Gasteiger partial charge on any atom is -0.467 e. The van der Waals surface area contributed by atoms with Crippen LogP contribution in [0.5, 0.6) is 0 Å². The lowest BCUT2D eigenvalue weighted by Gasteiger charge is -2.32. The number of aromatic nitrogens is 1. The second-order valence-corrected chi connectivity index (χ2v) is 8.84. The molecule has 1 amide bonds. The first-order chi connectivity index (χ1) is 14.9. The predicted molar refractivity (Wildman–Crippen MR) is 122 cm³/mol. The average Bonchev–Trinajstić information content (AvgIpc) is 3.37. The first kappa shape index (κ1) is 21.4. The Morgan fingerprint density at radius 1 is 1.32 bits per heavy atom. The molecule has 0 N–H and O–H groups in total. The molecule has 2 fully saturated rings. The third kappa shape index (κ3) is 3.92. The lowest BCUT2D eigenvalue weighted by atomic mass is 10.0. The maximum atomic E-state index is 13.1. The Morgan fingerprint density at radius 3 is 2.71 bits per heavy atom. The molecule has 10 heteroatoms. The first-order valence-corrected chi connectivity index (χ1v) is 10.9. The van der Waals surface area contributed by atoms with Crippen LogP contribution in [0.25, 0.3) is 6.08 Å². The van der Waals surface area contributed by atoms with Gasteiger partial charge in [0, 0.05) is 25.7 Å². The number of hydrogen-bond donors (Lipinski definition) is 0. The summed E-state index contributed by atoms with van der Waals surface area (Å²) < 4.78 is 12.7. The number of ether oxygens (including phenoxy) is 1. The number of carbonyl (C=O) groups excluding carboxylic acids is 1. The Balaban J connectivity index is 1.80. The third-order valence-electron chi connectivity index (χ3n) is 5.32. The topological polar surface area (TPSA) is 91.7 Å². The monoisotopic (exact) mass is 456 g/mol. The number of pyridine rings is 1. The fraction of sp³-hybridized carbons (Fsp3) is 0.333. The molecule has 160 valence electrons. The fourth-order valence-electron chi connectivity index (χ4n) is 3.70. The molecule has 2 aromatic rings. The Bertz CT molecular complexity index is 1170. The molecule has 31 heavy (non-hydrogen) atoms. The lowest BCUT2D eigenvalue weighted by Crippen LogP contribution is -2.40. The van der Waals surface area contributed by atoms with Gasteiger partial charge in [-0.3, -0.25) is 19.1 Å². The van der Waals surface area contributed by atoms with Crippen molar-refractivity contribution >= 4 is 46.1 Å². The molecule has 0 saturated carbocycles. The molecule has 0 radical (unpaired) electrons. The zero-order valence-corrected chi connectivity index (χ0v) is 18.7. The molecule has 4 heterocycles. The maximum absolute atomic E-state index is 13.1. The minimum absolute atomic E-state index is 0.0665. The van der Waals surface area contributed by atoms with Gasteiger partial charge in [-0.15, -0.1) is 0 Å². The van der Waals surface area contributed by atoms with Gasteiger partial charge in [0.2, 0.25) is 0 Å². The van der Waals surface area contributed by atoms with Crippen molar-refractivity contribution in [1.29, 1.82) is 5.26 Å². The highest BCUT2D eigenvalue weighted by molar-refractivity contribution is 8.26. The van der Waals surface area contributed by atoms with Gasteiger partial charge in [0.1, 0.15) is 27.5 Å². The highest BCUT2D eigenvalue weighted by Crippen LogP contribution is 2.36. The molecule has 2 aromatic heterocycles. The number of thioether (sulfide) groups is 1. The van der Waals surface area contributed by atoms with E-state index in [9.17, 15) is 14.9 Å². The number of nitrogens with zero attached hydrogens (tertiary/aromatic N) is 4. The molecule has 0 bridgehead atoms. The van der Waals surface area contributed by atoms with Gasteiger partial charge in [-0.1, -0.05) is 24.0 Å². The van der Waals surface area contributed by atoms with Crippen molar-refractivity contribution in [2.24, 2.45) is 7.05 Å². The summed E-state index contributed by atoms with van der Waals surface area (Å²) in [6.07, 6.45) is 3.29. The smallest absolute Gasteiger partial charge is 0.270 e. The van der Waals surface area contributed by atoms with E-state index in [0.29, 0.717) is 58.2 Å². The Labute approximate surface area is 188 Å². The molecular weight excluding hydrogens is 436 g/mol. The Hall–Kier alpha value is -2.87. The third-order valence-corrected chi connectivity index (χ3v) is 6.70. The minimum atomic E-state index is -0.357. The Morgan fingerprint density at radius 2 is 2.06 bits per heavy atom. The number of thiocarbonyl (C=S) groups is 1. The summed E-state index contributed by atoms with van der Waals surface area (Å²) in [4.78, 5) is 29.8. The number of anilines is 1. The SMILES string of the molecule is Cc1c(C=C2SC(=S)N(Cc3ccco3)C2=O)c(N2CCOCC2)n(C)c(=O)c1C#N. The van der Waals surface area contributed by atoms with Crippen LogP contribution >= 0.6 is 24.0 Å². The predicted octanol–water partition coefficient (Wildman–Crippen LogP) is 2.40. The van der Waals surface area contributed by atoms with E-state index < -0.39 is 0 Å². The van der Waals surface area contributed by atoms with Crippen LogP contribution in [0.1, 0.15) is 22.5 Å². The van der Waals surface area contributed by atoms with Crippen molar-refractivity contribution in [3.63, 3.8) is 0 Å². The van der Waals surface area contributed by atoms with Crippen LogP contribution in [0.3, 0.4) is 0 Å². The van der Waals surface area contributed by atoms with E-state index in [0.717, 1.165) is 0 Å². The van der Waals surface area contributed by atoms with Gasteiger partial charge in [-0.05, 0) is 30.7 Å². The largest absolute Gasteiger partial charge is 0.467 e. The summed E-state index contributed by atoms with van der Waals surface area (Å²) in [5.74, 6) is 1.07. The van der Waals surface area contributed by atoms with Crippen LogP contribution in [0.4, 0.5) is 5.82 Å². The van der Waals surface area contributed by atoms with E-state index in [2.05, 4.69) is 4.90 Å². The first-order valence-electron chi connectivity index (χ1n) is 9.66. The standard InChI is InChI=1S/C21H20N4O4S2/c1-13-15(10-17-20(27)25(21(30)31-17)12-14-4-3-7-29-14)18(24-5-8-28-9-6-24)23(2)19(26)16(13)11-22/h3-4,7,10H,5-6,8-9,12H2,1-2H3. The van der Waals surface area contributed by atoms with E-state index in [1.807, 2.05) is 6.07 Å². The van der Waals surface area contributed by atoms with Crippen molar-refractivity contribution in [2.45, 2.75) is 13.5 Å². The number of furan rings is 1. The normalized spacial score (nSPS) is 18.2. The number of nitriles is 1. The van der Waals surface area contributed by atoms with E-state index in [-0.39, 0.29) is 23.6 Å². The quantitative estimate of drug-likeness (QED) is 0.512. The van der Waals surface area contributed by atoms with Crippen LogP contribution in [-0.4, -0.2) is 46.0 Å². The summed E-state index contributed by atoms with van der Waals surface area (Å²) in [5.41, 5.74) is 0.920. The highest BCUT2D eigenvalue weighted by atomic mass is 32.2. The zero-order valence-electron chi connectivity index (χ0n) is 17.1. The van der Waals surface area contributed by atoms with Crippen LogP contribution in [0.15, 0.2) is 32.5 Å². The summed E-state index contributed by atoms with van der Waals surface area (Å²) >= 11 is 6.62. The molecular formula is C21H20N4O4S2. The fourth-order valence-corrected chi connectivity index (χ4v) is 4.93. The second-order valence-electron chi connectivity index (χ2n) is 7.16. The highest BCUT2D eigenvalue weighted by Gasteiger charge is 2.33. The molecule has 0 aliphatic carbocycles. The lowest BCUT2D eigenvalue weighted by molar-refractivity contribution is -0.122. The van der Waals surface area contributed by atoms with Crippen molar-refractivity contribution in [1.82, 2.24) is 9.47 Å². The van der Waals surface area contributed by atoms with Crippen molar-refractivity contribution in [3.05, 3.63) is 56.1 Å². The Kier molecular flexibility index (Phi) is 6.00. The van der Waals surface area contributed by atoms with Crippen molar-refractivity contribution < 1.29 is 13.9 Å². The van der Waals surface area contributed by atoms with Gasteiger partial charge in [-0.2, -0.15) is 5.26 Å². The van der Waals surface area contributed by atoms with Crippen molar-refractivity contribution in [3.8, 4) is 6.07 Å². The van der Waals surface area contributed by atoms with Crippen molar-refractivity contribution in [2.75, 3.05) is 31.2 Å². The van der Waals surface area contributed by atoms with Gasteiger partial charge in [0.05, 0.1) is 30.9 Å². The van der Waals surface area contributed by atoms with E-state index in [1.54, 1.807) is 38.4 Å². The molecule has 0 unspecified atom stereocenters. The molecule has 0 aromatic carbocycles. The van der Waals surface area contributed by atoms with Gasteiger partial charge >= 0.3 is 0 Å². The van der Waals surface area contributed by atoms with E-state index >= 15 is 0 Å². The summed E-state index contributed by atoms with van der Waals surface area (Å²) in [6.45, 7) is 4.29. The van der Waals surface area contributed by atoms with Gasteiger partial charge in [-0.25, -0.2) is 0 Å². The van der Waals surface area contributed by atoms with E-state index in [4.69, 9.17) is 21.4 Å². The molecule has 4 rings (SSSR count). The van der Waals surface area contributed by atoms with Gasteiger partial charge in [0.25, 0.3) is 11.5 Å². The van der Waals surface area contributed by atoms with Crippen LogP contribution in [0.2, 0.25) is 0 Å². The summed E-state index contributed by atoms with van der Waals surface area (Å²) in [6, 6.07) is 5.56. The average molecular weight is 457 g/mol. The zero-order chi connectivity index (χ0) is 22.1. The molecule has 0 atom stereocenters. The van der Waals surface area contributed by atoms with E-state index in [1.165, 1.54) is 21.2 Å². The number of hydrogen-bond acceptors (Lipinski definition) is 8. The van der Waals surface area contributed by atoms with Crippen LogP contribution < -0.4 is 10.5 Å². The second kappa shape index (κ2) is 8.70. The number of morpholine rings is 1. The molecule has 2 saturated heterocycles. The molecule has 2 aliphatic rings. The number of rotatable bonds is 4. The molecule has 0 spiro atoms. The van der Waals surface area contributed by atoms with Gasteiger partial charge < -0.3 is 14.1 Å². The summed E-state index contributed by atoms with van der Waals surface area (Å²) in [5, 5.41) is 9.56. The van der Waals surface area contributed by atoms with Crippen LogP contribution in [-0.2, 0) is 23.1 Å².